The molecule has 29 heavy (non-hydrogen) atoms. The van der Waals surface area contributed by atoms with Crippen molar-refractivity contribution in [3.8, 4) is 0 Å². The van der Waals surface area contributed by atoms with E-state index >= 15 is 0 Å². The molecule has 4 nitrogen and oxygen atoms in total. The molecule has 0 aliphatic rings. The van der Waals surface area contributed by atoms with Crippen LogP contribution >= 0.6 is 12.2 Å². The third kappa shape index (κ3) is 5.90. The highest BCUT2D eigenvalue weighted by Gasteiger charge is 2.30. The van der Waals surface area contributed by atoms with Crippen molar-refractivity contribution in [3.05, 3.63) is 64.5 Å². The smallest absolute Gasteiger partial charge is 0.416 e. The van der Waals surface area contributed by atoms with E-state index in [1.807, 2.05) is 6.92 Å². The Hall–Kier alpha value is -2.68. The molecule has 0 saturated heterocycles. The first-order valence-electron chi connectivity index (χ1n) is 8.68. The average Bonchev–Trinajstić information content (AvgIpc) is 2.67. The fourth-order valence-electron chi connectivity index (χ4n) is 2.39. The number of aryl methyl sites for hydroxylation is 1. The topological polar surface area (TPSA) is 41.6 Å². The van der Waals surface area contributed by atoms with Gasteiger partial charge in [-0.1, -0.05) is 12.1 Å². The van der Waals surface area contributed by atoms with Gasteiger partial charge in [0.15, 0.2) is 5.11 Å². The number of halogens is 4. The first-order valence-corrected chi connectivity index (χ1v) is 9.09. The van der Waals surface area contributed by atoms with Crippen molar-refractivity contribution >= 4 is 29.0 Å². The Bertz CT molecular complexity index is 916. The zero-order valence-electron chi connectivity index (χ0n) is 16.1. The SMILES string of the molecule is CCN(C)C(=S)Nc1cc(F)c(C(=O)OCc2cccc(C(F)(F)F)c2)cc1C. The van der Waals surface area contributed by atoms with Crippen LogP contribution in [0, 0.1) is 12.7 Å². The van der Waals surface area contributed by atoms with E-state index in [9.17, 15) is 22.4 Å². The number of anilines is 1. The molecule has 0 atom stereocenters. The van der Waals surface area contributed by atoms with Gasteiger partial charge in [0.2, 0.25) is 0 Å². The minimum Gasteiger partial charge on any atom is -0.457 e. The second-order valence-electron chi connectivity index (χ2n) is 6.37. The summed E-state index contributed by atoms with van der Waals surface area (Å²) >= 11 is 5.20. The van der Waals surface area contributed by atoms with Crippen LogP contribution in [-0.2, 0) is 17.5 Å². The lowest BCUT2D eigenvalue weighted by Crippen LogP contribution is -2.31. The Kier molecular flexibility index (Phi) is 7.18. The number of esters is 1. The van der Waals surface area contributed by atoms with Gasteiger partial charge in [0.1, 0.15) is 12.4 Å². The van der Waals surface area contributed by atoms with Gasteiger partial charge in [-0.2, -0.15) is 13.2 Å². The number of thiocarbonyl (C=S) groups is 1. The summed E-state index contributed by atoms with van der Waals surface area (Å²) < 4.78 is 57.7. The van der Waals surface area contributed by atoms with Crippen LogP contribution in [0.4, 0.5) is 23.2 Å². The second-order valence-corrected chi connectivity index (χ2v) is 6.75. The van der Waals surface area contributed by atoms with Crippen molar-refractivity contribution in [1.82, 2.24) is 4.90 Å². The Morgan fingerprint density at radius 2 is 1.93 bits per heavy atom. The van der Waals surface area contributed by atoms with Crippen molar-refractivity contribution < 1.29 is 27.1 Å². The molecule has 9 heteroatoms. The number of alkyl halides is 3. The summed E-state index contributed by atoms with van der Waals surface area (Å²) in [5.74, 6) is -1.79. The summed E-state index contributed by atoms with van der Waals surface area (Å²) in [7, 11) is 1.78. The van der Waals surface area contributed by atoms with Crippen molar-refractivity contribution in [2.24, 2.45) is 0 Å². The molecular weight excluding hydrogens is 408 g/mol. The van der Waals surface area contributed by atoms with Gasteiger partial charge in [-0.25, -0.2) is 9.18 Å². The van der Waals surface area contributed by atoms with E-state index in [4.69, 9.17) is 17.0 Å². The third-order valence-corrected chi connectivity index (χ3v) is 4.63. The molecule has 0 aromatic heterocycles. The van der Waals surface area contributed by atoms with Gasteiger partial charge in [-0.15, -0.1) is 0 Å². The number of hydrogen-bond acceptors (Lipinski definition) is 3. The van der Waals surface area contributed by atoms with Crippen LogP contribution in [-0.4, -0.2) is 29.6 Å². The van der Waals surface area contributed by atoms with Crippen molar-refractivity contribution in [2.75, 3.05) is 18.9 Å². The maximum Gasteiger partial charge on any atom is 0.416 e. The molecule has 2 rings (SSSR count). The molecule has 0 aliphatic carbocycles. The molecule has 0 spiro atoms. The van der Waals surface area contributed by atoms with E-state index in [1.54, 1.807) is 18.9 Å². The number of rotatable bonds is 5. The molecule has 1 N–H and O–H groups in total. The predicted octanol–water partition coefficient (Wildman–Crippen LogP) is 5.16. The first kappa shape index (κ1) is 22.6. The van der Waals surface area contributed by atoms with E-state index in [0.29, 0.717) is 22.9 Å². The summed E-state index contributed by atoms with van der Waals surface area (Å²) in [5.41, 5.74) is -0.0469. The number of carbonyl (C=O) groups excluding carboxylic acids is 1. The highest BCUT2D eigenvalue weighted by atomic mass is 32.1. The predicted molar refractivity (Wildman–Crippen MR) is 106 cm³/mol. The number of hydrogen-bond donors (Lipinski definition) is 1. The summed E-state index contributed by atoms with van der Waals surface area (Å²) in [6, 6.07) is 6.84. The van der Waals surface area contributed by atoms with E-state index in [2.05, 4.69) is 5.32 Å². The molecule has 0 unspecified atom stereocenters. The molecule has 156 valence electrons. The average molecular weight is 428 g/mol. The monoisotopic (exact) mass is 428 g/mol. The molecule has 2 aromatic carbocycles. The van der Waals surface area contributed by atoms with Crippen LogP contribution in [0.5, 0.6) is 0 Å². The second kappa shape index (κ2) is 9.21. The lowest BCUT2D eigenvalue weighted by atomic mass is 10.1. The molecule has 0 heterocycles. The van der Waals surface area contributed by atoms with Gasteiger partial charge in [0.25, 0.3) is 0 Å². The van der Waals surface area contributed by atoms with E-state index < -0.39 is 30.1 Å². The minimum atomic E-state index is -4.50. The number of ether oxygens (including phenoxy) is 1. The van der Waals surface area contributed by atoms with Crippen LogP contribution in [0.15, 0.2) is 36.4 Å². The van der Waals surface area contributed by atoms with Gasteiger partial charge in [0, 0.05) is 19.3 Å². The zero-order valence-corrected chi connectivity index (χ0v) is 16.9. The first-order chi connectivity index (χ1) is 13.5. The number of nitrogens with zero attached hydrogens (tertiary/aromatic N) is 1. The largest absolute Gasteiger partial charge is 0.457 e. The summed E-state index contributed by atoms with van der Waals surface area (Å²) in [6.07, 6.45) is -4.50. The van der Waals surface area contributed by atoms with Crippen LogP contribution in [0.1, 0.15) is 34.0 Å². The fourth-order valence-corrected chi connectivity index (χ4v) is 2.63. The minimum absolute atomic E-state index is 0.150. The van der Waals surface area contributed by atoms with Crippen LogP contribution in [0.2, 0.25) is 0 Å². The maximum absolute atomic E-state index is 14.4. The van der Waals surface area contributed by atoms with Gasteiger partial charge < -0.3 is 15.0 Å². The number of benzene rings is 2. The third-order valence-electron chi connectivity index (χ3n) is 4.22. The molecular formula is C20H20F4N2O2S. The fraction of sp³-hybridized carbons (Fsp3) is 0.300. The lowest BCUT2D eigenvalue weighted by molar-refractivity contribution is -0.137. The van der Waals surface area contributed by atoms with Crippen LogP contribution in [0.3, 0.4) is 0 Å². The van der Waals surface area contributed by atoms with Crippen LogP contribution in [0.25, 0.3) is 0 Å². The molecule has 0 bridgehead atoms. The Labute approximate surface area is 171 Å². The van der Waals surface area contributed by atoms with Gasteiger partial charge in [-0.05, 0) is 61.5 Å². The Balaban J connectivity index is 2.12. The quantitative estimate of drug-likeness (QED) is 0.405. The molecule has 0 aliphatic heterocycles. The van der Waals surface area contributed by atoms with Crippen molar-refractivity contribution in [2.45, 2.75) is 26.6 Å². The highest BCUT2D eigenvalue weighted by Crippen LogP contribution is 2.29. The van der Waals surface area contributed by atoms with Crippen molar-refractivity contribution in [3.63, 3.8) is 0 Å². The Morgan fingerprint density at radius 1 is 1.24 bits per heavy atom. The van der Waals surface area contributed by atoms with Gasteiger partial charge >= 0.3 is 12.1 Å². The molecule has 0 amide bonds. The maximum atomic E-state index is 14.4. The highest BCUT2D eigenvalue weighted by molar-refractivity contribution is 7.80. The normalized spacial score (nSPS) is 11.1. The van der Waals surface area contributed by atoms with Crippen LogP contribution < -0.4 is 5.32 Å². The summed E-state index contributed by atoms with van der Waals surface area (Å²) in [6.45, 7) is 3.82. The number of carbonyl (C=O) groups is 1. The molecule has 0 saturated carbocycles. The van der Waals surface area contributed by atoms with Gasteiger partial charge in [0.05, 0.1) is 11.1 Å². The lowest BCUT2D eigenvalue weighted by Gasteiger charge is -2.20. The molecule has 0 fully saturated rings. The zero-order chi connectivity index (χ0) is 21.8. The van der Waals surface area contributed by atoms with E-state index in [1.165, 1.54) is 18.2 Å². The van der Waals surface area contributed by atoms with E-state index in [0.717, 1.165) is 18.2 Å². The molecule has 0 radical (unpaired) electrons. The van der Waals surface area contributed by atoms with Gasteiger partial charge in [-0.3, -0.25) is 0 Å². The number of nitrogens with one attached hydrogen (secondary N) is 1. The molecule has 2 aromatic rings. The summed E-state index contributed by atoms with van der Waals surface area (Å²) in [4.78, 5) is 14.0. The van der Waals surface area contributed by atoms with Crippen molar-refractivity contribution in [1.29, 1.82) is 0 Å². The standard InChI is InChI=1S/C20H20F4N2O2S/c1-4-26(3)19(29)25-17-10-16(21)15(8-12(17)2)18(27)28-11-13-6-5-7-14(9-13)20(22,23)24/h5-10H,4,11H2,1-3H3,(H,25,29). The Morgan fingerprint density at radius 3 is 2.55 bits per heavy atom. The van der Waals surface area contributed by atoms with E-state index in [-0.39, 0.29) is 11.1 Å². The summed E-state index contributed by atoms with van der Waals surface area (Å²) in [5, 5.41) is 3.30.